The topological polar surface area (TPSA) is 125 Å². The van der Waals surface area contributed by atoms with E-state index in [1.165, 1.54) is 41.0 Å². The van der Waals surface area contributed by atoms with E-state index in [9.17, 15) is 14.9 Å². The Bertz CT molecular complexity index is 1430. The molecule has 0 fully saturated rings. The van der Waals surface area contributed by atoms with Crippen LogP contribution in [0.2, 0.25) is 5.02 Å². The van der Waals surface area contributed by atoms with Gasteiger partial charge in [0.25, 0.3) is 11.6 Å². The van der Waals surface area contributed by atoms with E-state index in [2.05, 4.69) is 10.1 Å². The third-order valence-electron chi connectivity index (χ3n) is 4.82. The number of aliphatic imine (C=N–C) groups is 1. The van der Waals surface area contributed by atoms with Crippen molar-refractivity contribution >= 4 is 57.1 Å². The lowest BCUT2D eigenvalue weighted by atomic mass is 10.1. The normalized spacial score (nSPS) is 16.6. The van der Waals surface area contributed by atoms with Gasteiger partial charge in [-0.15, -0.1) is 0 Å². The van der Waals surface area contributed by atoms with Crippen LogP contribution < -0.4 is 0 Å². The van der Waals surface area contributed by atoms with Gasteiger partial charge >= 0.3 is 0 Å². The van der Waals surface area contributed by atoms with Gasteiger partial charge in [-0.05, 0) is 36.0 Å². The van der Waals surface area contributed by atoms with Crippen LogP contribution >= 0.6 is 23.4 Å². The molecule has 1 amide bonds. The number of hydrogen-bond donors (Lipinski definition) is 1. The van der Waals surface area contributed by atoms with Gasteiger partial charge in [0.05, 0.1) is 15.5 Å². The number of furan rings is 1. The van der Waals surface area contributed by atoms with E-state index in [1.54, 1.807) is 12.1 Å². The predicted octanol–water partition coefficient (Wildman–Crippen LogP) is 5.18. The lowest BCUT2D eigenvalue weighted by Crippen LogP contribution is -2.35. The molecule has 1 aromatic heterocycles. The number of nitrogens with one attached hydrogen (secondary N) is 1. The van der Waals surface area contributed by atoms with E-state index >= 15 is 0 Å². The lowest BCUT2D eigenvalue weighted by molar-refractivity contribution is -0.384. The number of amidine groups is 2. The predicted molar refractivity (Wildman–Crippen MR) is 126 cm³/mol. The van der Waals surface area contributed by atoms with Gasteiger partial charge in [-0.1, -0.05) is 41.9 Å². The number of benzene rings is 2. The molecule has 11 heteroatoms. The number of fused-ring (bicyclic) bond motifs is 1. The molecule has 162 valence electrons. The number of nitro groups is 1. The maximum atomic E-state index is 12.6. The molecule has 0 bridgehead atoms. The smallest absolute Gasteiger partial charge is 0.283 e. The number of carbonyl (C=O) groups excluding carboxylic acids is 1. The first kappa shape index (κ1) is 20.9. The van der Waals surface area contributed by atoms with Gasteiger partial charge in [0.15, 0.2) is 5.84 Å². The minimum absolute atomic E-state index is 0.0214. The fraction of sp³-hybridized carbons (Fsp3) is 0. The quantitative estimate of drug-likeness (QED) is 0.313. The van der Waals surface area contributed by atoms with E-state index in [1.807, 2.05) is 30.3 Å². The van der Waals surface area contributed by atoms with Gasteiger partial charge in [-0.2, -0.15) is 15.1 Å². The maximum Gasteiger partial charge on any atom is 0.283 e. The van der Waals surface area contributed by atoms with Crippen LogP contribution in [0.3, 0.4) is 0 Å². The monoisotopic (exact) mass is 477 g/mol. The van der Waals surface area contributed by atoms with Crippen LogP contribution in [-0.4, -0.2) is 31.9 Å². The van der Waals surface area contributed by atoms with E-state index < -0.39 is 10.8 Å². The molecule has 5 rings (SSSR count). The number of halogens is 1. The number of thioether (sulfide) groups is 1. The Labute approximate surface area is 195 Å². The second-order valence-corrected chi connectivity index (χ2v) is 8.28. The Morgan fingerprint density at radius 3 is 2.67 bits per heavy atom. The van der Waals surface area contributed by atoms with Crippen LogP contribution in [0, 0.1) is 15.5 Å². The Kier molecular flexibility index (Phi) is 5.15. The average molecular weight is 478 g/mol. The van der Waals surface area contributed by atoms with Crippen LogP contribution in [0.15, 0.2) is 80.7 Å². The summed E-state index contributed by atoms with van der Waals surface area (Å²) in [6.45, 7) is 0. The first-order valence-electron chi connectivity index (χ1n) is 9.50. The van der Waals surface area contributed by atoms with Gasteiger partial charge < -0.3 is 4.42 Å². The van der Waals surface area contributed by atoms with Crippen LogP contribution in [-0.2, 0) is 4.79 Å². The highest BCUT2D eigenvalue weighted by atomic mass is 35.5. The summed E-state index contributed by atoms with van der Waals surface area (Å²) in [7, 11) is 0. The van der Waals surface area contributed by atoms with Gasteiger partial charge in [0.2, 0.25) is 5.17 Å². The van der Waals surface area contributed by atoms with Gasteiger partial charge in [-0.25, -0.2) is 0 Å². The van der Waals surface area contributed by atoms with E-state index in [0.29, 0.717) is 27.3 Å². The van der Waals surface area contributed by atoms with Gasteiger partial charge in [0, 0.05) is 23.3 Å². The number of amides is 1. The molecule has 1 N–H and O–H groups in total. The summed E-state index contributed by atoms with van der Waals surface area (Å²) in [6, 6.07) is 16.7. The molecule has 0 radical (unpaired) electrons. The van der Waals surface area contributed by atoms with E-state index in [-0.39, 0.29) is 22.1 Å². The number of hydrogen-bond acceptors (Lipinski definition) is 7. The van der Waals surface area contributed by atoms with Crippen molar-refractivity contribution < 1.29 is 14.1 Å². The molecule has 9 nitrogen and oxygen atoms in total. The summed E-state index contributed by atoms with van der Waals surface area (Å²) < 4.78 is 5.76. The molecule has 0 aliphatic carbocycles. The number of hydrazone groups is 1. The van der Waals surface area contributed by atoms with Crippen molar-refractivity contribution in [2.75, 3.05) is 0 Å². The Morgan fingerprint density at radius 1 is 1.15 bits per heavy atom. The molecule has 0 saturated heterocycles. The molecule has 0 saturated carbocycles. The number of nitrogens with zero attached hydrogens (tertiary/aromatic N) is 4. The minimum Gasteiger partial charge on any atom is -0.457 e. The first-order valence-corrected chi connectivity index (χ1v) is 10.7. The highest BCUT2D eigenvalue weighted by molar-refractivity contribution is 8.27. The molecule has 33 heavy (non-hydrogen) atoms. The molecule has 0 unspecified atom stereocenters. The van der Waals surface area contributed by atoms with Crippen molar-refractivity contribution in [3.8, 4) is 11.3 Å². The highest BCUT2D eigenvalue weighted by Gasteiger charge is 2.36. The molecule has 3 heterocycles. The average Bonchev–Trinajstić information content (AvgIpc) is 3.44. The highest BCUT2D eigenvalue weighted by Crippen LogP contribution is 2.34. The summed E-state index contributed by atoms with van der Waals surface area (Å²) in [5.41, 5.74) is 1.21. The maximum absolute atomic E-state index is 12.6. The number of rotatable bonds is 4. The van der Waals surface area contributed by atoms with Crippen molar-refractivity contribution in [2.45, 2.75) is 0 Å². The molecular weight excluding hydrogens is 466 g/mol. The molecule has 0 atom stereocenters. The molecule has 2 aliphatic heterocycles. The summed E-state index contributed by atoms with van der Waals surface area (Å²) in [5, 5.41) is 26.3. The second-order valence-electron chi connectivity index (χ2n) is 6.91. The van der Waals surface area contributed by atoms with Gasteiger partial charge in [0.1, 0.15) is 16.6 Å². The Morgan fingerprint density at radius 2 is 1.94 bits per heavy atom. The Balaban J connectivity index is 1.44. The molecular formula is C22H12ClN5O4S. The van der Waals surface area contributed by atoms with Crippen molar-refractivity contribution in [3.05, 3.63) is 92.7 Å². The molecule has 2 aromatic carbocycles. The van der Waals surface area contributed by atoms with Crippen molar-refractivity contribution in [1.82, 2.24) is 5.01 Å². The largest absolute Gasteiger partial charge is 0.457 e. The van der Waals surface area contributed by atoms with Crippen molar-refractivity contribution in [3.63, 3.8) is 0 Å². The van der Waals surface area contributed by atoms with Gasteiger partial charge in [-0.3, -0.25) is 20.3 Å². The Hall–Kier alpha value is -4.02. The van der Waals surface area contributed by atoms with E-state index in [4.69, 9.17) is 21.4 Å². The van der Waals surface area contributed by atoms with Crippen molar-refractivity contribution in [1.29, 1.82) is 5.41 Å². The molecule has 0 spiro atoms. The minimum atomic E-state index is -0.574. The summed E-state index contributed by atoms with van der Waals surface area (Å²) in [5.74, 6) is -0.0311. The van der Waals surface area contributed by atoms with Crippen molar-refractivity contribution in [2.24, 2.45) is 10.1 Å². The summed E-state index contributed by atoms with van der Waals surface area (Å²) >= 11 is 7.39. The molecule has 2 aliphatic rings. The zero-order valence-electron chi connectivity index (χ0n) is 16.6. The number of non-ortho nitro benzene ring substituents is 1. The second kappa shape index (κ2) is 8.15. The third kappa shape index (κ3) is 3.86. The lowest BCUT2D eigenvalue weighted by Gasteiger charge is -2.19. The summed E-state index contributed by atoms with van der Waals surface area (Å²) in [6.07, 6.45) is 1.41. The van der Waals surface area contributed by atoms with Crippen LogP contribution in [0.25, 0.3) is 17.4 Å². The first-order chi connectivity index (χ1) is 15.9. The number of nitro benzene ring substituents is 1. The fourth-order valence-electron chi connectivity index (χ4n) is 3.22. The number of carbonyl (C=O) groups is 1. The molecule has 3 aromatic rings. The summed E-state index contributed by atoms with van der Waals surface area (Å²) in [4.78, 5) is 27.1. The van der Waals surface area contributed by atoms with Crippen LogP contribution in [0.4, 0.5) is 5.69 Å². The standard InChI is InChI=1S/C22H12ClN5O4S/c23-17-10-13(28(30)31)6-8-15(17)18-9-7-14(32-18)11-16-19(24)27-22(25-20(16)29)33-21(26-27)12-4-2-1-3-5-12/h1-11,24H/b16-11-,24-19?. The van der Waals surface area contributed by atoms with Crippen LogP contribution in [0.1, 0.15) is 11.3 Å². The third-order valence-corrected chi connectivity index (χ3v) is 6.09. The van der Waals surface area contributed by atoms with Crippen LogP contribution in [0.5, 0.6) is 0 Å². The fourth-order valence-corrected chi connectivity index (χ4v) is 4.39. The SMILES string of the molecule is N=C1/C(=C/c2ccc(-c3ccc([N+](=O)[O-])cc3Cl)o2)C(=O)N=C2SC(c3ccccc3)=NN12. The zero-order chi connectivity index (χ0) is 23.1. The van der Waals surface area contributed by atoms with E-state index in [0.717, 1.165) is 5.56 Å². The zero-order valence-corrected chi connectivity index (χ0v) is 18.1.